The van der Waals surface area contributed by atoms with Gasteiger partial charge in [-0.2, -0.15) is 0 Å². The van der Waals surface area contributed by atoms with Gasteiger partial charge in [0, 0.05) is 12.2 Å². The average Bonchev–Trinajstić information content (AvgIpc) is 2.78. The molecule has 0 bridgehead atoms. The van der Waals surface area contributed by atoms with Crippen molar-refractivity contribution in [2.24, 2.45) is 11.7 Å². The lowest BCUT2D eigenvalue weighted by Crippen LogP contribution is -2.36. The number of ether oxygens (including phenoxy) is 1. The molecule has 3 aromatic rings. The minimum atomic E-state index is -0.351. The van der Waals surface area contributed by atoms with E-state index in [1.54, 1.807) is 6.20 Å². The molecule has 0 radical (unpaired) electrons. The fraction of sp³-hybridized carbons (Fsp3) is 0.250. The van der Waals surface area contributed by atoms with E-state index in [9.17, 15) is 4.79 Å². The van der Waals surface area contributed by atoms with Gasteiger partial charge in [-0.25, -0.2) is 0 Å². The van der Waals surface area contributed by atoms with E-state index in [4.69, 9.17) is 10.5 Å². The highest BCUT2D eigenvalue weighted by atomic mass is 16.5. The number of nitrogens with one attached hydrogen (secondary N) is 1. The van der Waals surface area contributed by atoms with Crippen molar-refractivity contribution in [2.45, 2.75) is 32.5 Å². The van der Waals surface area contributed by atoms with Gasteiger partial charge in [-0.1, -0.05) is 55.5 Å². The monoisotopic (exact) mass is 389 g/mol. The number of carbonyl (C=O) groups excluding carboxylic acids is 1. The van der Waals surface area contributed by atoms with Crippen molar-refractivity contribution in [3.8, 4) is 5.75 Å². The number of benzene rings is 2. The van der Waals surface area contributed by atoms with Crippen molar-refractivity contribution in [1.82, 2.24) is 10.3 Å². The number of hydrogen-bond acceptors (Lipinski definition) is 4. The maximum atomic E-state index is 12.7. The zero-order chi connectivity index (χ0) is 20.6. The summed E-state index contributed by atoms with van der Waals surface area (Å²) in [5.41, 5.74) is 9.07. The van der Waals surface area contributed by atoms with Crippen LogP contribution in [0.4, 0.5) is 0 Å². The predicted octanol–water partition coefficient (Wildman–Crippen LogP) is 4.17. The van der Waals surface area contributed by atoms with Crippen LogP contribution in [0.15, 0.2) is 79.0 Å². The van der Waals surface area contributed by atoms with Crippen LogP contribution in [-0.4, -0.2) is 10.9 Å². The number of pyridine rings is 1. The van der Waals surface area contributed by atoms with Crippen molar-refractivity contribution >= 4 is 5.91 Å². The third kappa shape index (κ3) is 5.65. The summed E-state index contributed by atoms with van der Waals surface area (Å²) in [7, 11) is 0. The van der Waals surface area contributed by atoms with Crippen molar-refractivity contribution < 1.29 is 9.53 Å². The molecule has 3 N–H and O–H groups in total. The molecule has 29 heavy (non-hydrogen) atoms. The Kier molecular flexibility index (Phi) is 6.98. The molecule has 0 aliphatic rings. The molecule has 1 heterocycles. The maximum Gasteiger partial charge on any atom is 0.225 e. The molecule has 3 rings (SSSR count). The Balaban J connectivity index is 1.59. The largest absolute Gasteiger partial charge is 0.487 e. The lowest BCUT2D eigenvalue weighted by molar-refractivity contribution is -0.125. The second-order valence-corrected chi connectivity index (χ2v) is 7.14. The molecule has 0 aliphatic heterocycles. The van der Waals surface area contributed by atoms with Crippen LogP contribution in [0.2, 0.25) is 0 Å². The van der Waals surface area contributed by atoms with Crippen LogP contribution < -0.4 is 15.8 Å². The summed E-state index contributed by atoms with van der Waals surface area (Å²) >= 11 is 0. The lowest BCUT2D eigenvalue weighted by atomic mass is 9.94. The standard InChI is InChI=1S/C24H27N3O2/c1-17(23(25)19-9-4-3-5-10-19)24(28)27-18(2)20-11-8-13-22(15-20)29-16-21-12-6-7-14-26-21/h3-15,17-18,23H,16,25H2,1-2H3,(H,27,28). The van der Waals surface area contributed by atoms with Crippen LogP contribution in [0, 0.1) is 5.92 Å². The minimum absolute atomic E-state index is 0.0753. The molecule has 0 spiro atoms. The summed E-state index contributed by atoms with van der Waals surface area (Å²) < 4.78 is 5.84. The quantitative estimate of drug-likeness (QED) is 0.606. The van der Waals surface area contributed by atoms with Crippen LogP contribution in [-0.2, 0) is 11.4 Å². The van der Waals surface area contributed by atoms with E-state index in [0.29, 0.717) is 6.61 Å². The van der Waals surface area contributed by atoms with E-state index in [1.807, 2.05) is 86.6 Å². The zero-order valence-corrected chi connectivity index (χ0v) is 16.8. The van der Waals surface area contributed by atoms with Gasteiger partial charge in [0.2, 0.25) is 5.91 Å². The summed E-state index contributed by atoms with van der Waals surface area (Å²) in [6.45, 7) is 4.20. The molecule has 0 saturated carbocycles. The van der Waals surface area contributed by atoms with E-state index in [1.165, 1.54) is 0 Å². The molecular formula is C24H27N3O2. The van der Waals surface area contributed by atoms with E-state index < -0.39 is 0 Å². The fourth-order valence-corrected chi connectivity index (χ4v) is 3.07. The van der Waals surface area contributed by atoms with E-state index in [-0.39, 0.29) is 23.9 Å². The molecular weight excluding hydrogens is 362 g/mol. The van der Waals surface area contributed by atoms with Crippen LogP contribution in [0.3, 0.4) is 0 Å². The smallest absolute Gasteiger partial charge is 0.225 e. The molecule has 1 aromatic heterocycles. The predicted molar refractivity (Wildman–Crippen MR) is 114 cm³/mol. The number of nitrogens with zero attached hydrogens (tertiary/aromatic N) is 1. The van der Waals surface area contributed by atoms with Crippen molar-refractivity contribution in [1.29, 1.82) is 0 Å². The molecule has 1 amide bonds. The third-order valence-corrected chi connectivity index (χ3v) is 4.97. The highest BCUT2D eigenvalue weighted by molar-refractivity contribution is 5.79. The van der Waals surface area contributed by atoms with Gasteiger partial charge in [0.25, 0.3) is 0 Å². The molecule has 5 nitrogen and oxygen atoms in total. The number of nitrogens with two attached hydrogens (primary N) is 1. The Labute approximate surface area is 171 Å². The molecule has 3 atom stereocenters. The van der Waals surface area contributed by atoms with Gasteiger partial charge in [0.1, 0.15) is 12.4 Å². The third-order valence-electron chi connectivity index (χ3n) is 4.97. The van der Waals surface area contributed by atoms with Gasteiger partial charge in [0.15, 0.2) is 0 Å². The molecule has 0 fully saturated rings. The topological polar surface area (TPSA) is 77.2 Å². The molecule has 0 aliphatic carbocycles. The van der Waals surface area contributed by atoms with Gasteiger partial charge < -0.3 is 15.8 Å². The first-order valence-electron chi connectivity index (χ1n) is 9.78. The van der Waals surface area contributed by atoms with Gasteiger partial charge >= 0.3 is 0 Å². The highest BCUT2D eigenvalue weighted by Gasteiger charge is 2.23. The first-order valence-corrected chi connectivity index (χ1v) is 9.78. The second-order valence-electron chi connectivity index (χ2n) is 7.14. The van der Waals surface area contributed by atoms with Crippen molar-refractivity contribution in [3.05, 3.63) is 95.8 Å². The number of carbonyl (C=O) groups is 1. The van der Waals surface area contributed by atoms with Crippen LogP contribution in [0.5, 0.6) is 5.75 Å². The van der Waals surface area contributed by atoms with Crippen molar-refractivity contribution in [3.63, 3.8) is 0 Å². The fourth-order valence-electron chi connectivity index (χ4n) is 3.07. The SMILES string of the molecule is CC(NC(=O)C(C)C(N)c1ccccc1)c1cccc(OCc2ccccn2)c1. The Morgan fingerprint density at radius 1 is 1.00 bits per heavy atom. The highest BCUT2D eigenvalue weighted by Crippen LogP contribution is 2.23. The van der Waals surface area contributed by atoms with Gasteiger partial charge in [-0.05, 0) is 42.3 Å². The van der Waals surface area contributed by atoms with E-state index >= 15 is 0 Å². The minimum Gasteiger partial charge on any atom is -0.487 e. The number of amides is 1. The summed E-state index contributed by atoms with van der Waals surface area (Å²) in [4.78, 5) is 17.0. The maximum absolute atomic E-state index is 12.7. The zero-order valence-electron chi connectivity index (χ0n) is 16.8. The summed E-state index contributed by atoms with van der Waals surface area (Å²) in [6.07, 6.45) is 1.74. The first kappa shape index (κ1) is 20.6. The summed E-state index contributed by atoms with van der Waals surface area (Å²) in [6, 6.07) is 22.6. The van der Waals surface area contributed by atoms with Gasteiger partial charge in [0.05, 0.1) is 17.7 Å². The van der Waals surface area contributed by atoms with Crippen LogP contribution in [0.25, 0.3) is 0 Å². The summed E-state index contributed by atoms with van der Waals surface area (Å²) in [5, 5.41) is 3.06. The second kappa shape index (κ2) is 9.85. The lowest BCUT2D eigenvalue weighted by Gasteiger charge is -2.23. The Morgan fingerprint density at radius 2 is 1.72 bits per heavy atom. The Morgan fingerprint density at radius 3 is 2.45 bits per heavy atom. The van der Waals surface area contributed by atoms with Crippen molar-refractivity contribution in [2.75, 3.05) is 0 Å². The summed E-state index contributed by atoms with van der Waals surface area (Å²) in [5.74, 6) is 0.320. The number of rotatable bonds is 8. The average molecular weight is 389 g/mol. The molecule has 5 heteroatoms. The normalized spacial score (nSPS) is 13.9. The Bertz CT molecular complexity index is 916. The Hall–Kier alpha value is -3.18. The molecule has 2 aromatic carbocycles. The molecule has 0 saturated heterocycles. The van der Waals surface area contributed by atoms with Gasteiger partial charge in [-0.15, -0.1) is 0 Å². The van der Waals surface area contributed by atoms with Crippen LogP contribution in [0.1, 0.15) is 42.8 Å². The molecule has 3 unspecified atom stereocenters. The number of hydrogen-bond donors (Lipinski definition) is 2. The molecule has 150 valence electrons. The first-order chi connectivity index (χ1) is 14.0. The number of aromatic nitrogens is 1. The van der Waals surface area contributed by atoms with Gasteiger partial charge in [-0.3, -0.25) is 9.78 Å². The van der Waals surface area contributed by atoms with E-state index in [0.717, 1.165) is 22.6 Å². The van der Waals surface area contributed by atoms with Crippen LogP contribution >= 0.6 is 0 Å². The van der Waals surface area contributed by atoms with E-state index in [2.05, 4.69) is 10.3 Å².